The zero-order valence-electron chi connectivity index (χ0n) is 10.2. The first-order valence-corrected chi connectivity index (χ1v) is 5.59. The normalized spacial score (nSPS) is 15.3. The van der Waals surface area contributed by atoms with Gasteiger partial charge in [0.05, 0.1) is 5.92 Å². The first-order chi connectivity index (χ1) is 8.40. The van der Waals surface area contributed by atoms with Gasteiger partial charge in [-0.2, -0.15) is 0 Å². The molecule has 6 heteroatoms. The molecule has 6 nitrogen and oxygen atoms in total. The van der Waals surface area contributed by atoms with E-state index >= 15 is 0 Å². The SMILES string of the molecule is CC(=O)c1cc(C(=O)N2CC(C(=O)O)C2)n(C)c1. The Morgan fingerprint density at radius 1 is 1.33 bits per heavy atom. The van der Waals surface area contributed by atoms with Crippen LogP contribution in [-0.2, 0) is 11.8 Å². The van der Waals surface area contributed by atoms with Crippen molar-refractivity contribution >= 4 is 17.7 Å². The Labute approximate surface area is 104 Å². The number of rotatable bonds is 3. The van der Waals surface area contributed by atoms with E-state index in [1.54, 1.807) is 23.9 Å². The molecule has 0 unspecified atom stereocenters. The maximum absolute atomic E-state index is 12.1. The lowest BCUT2D eigenvalue weighted by Crippen LogP contribution is -2.53. The molecule has 0 bridgehead atoms. The number of aryl methyl sites for hydroxylation is 1. The van der Waals surface area contributed by atoms with E-state index in [1.165, 1.54) is 11.8 Å². The molecule has 0 atom stereocenters. The van der Waals surface area contributed by atoms with Gasteiger partial charge in [0, 0.05) is 31.9 Å². The van der Waals surface area contributed by atoms with Gasteiger partial charge in [-0.25, -0.2) is 0 Å². The number of amides is 1. The Hall–Kier alpha value is -2.11. The maximum atomic E-state index is 12.1. The van der Waals surface area contributed by atoms with E-state index in [-0.39, 0.29) is 24.8 Å². The largest absolute Gasteiger partial charge is 0.481 e. The number of Topliss-reactive ketones (excluding diaryl/α,β-unsaturated/α-hetero) is 1. The minimum atomic E-state index is -0.879. The number of carbonyl (C=O) groups is 3. The van der Waals surface area contributed by atoms with E-state index in [0.29, 0.717) is 11.3 Å². The summed E-state index contributed by atoms with van der Waals surface area (Å²) in [5.41, 5.74) is 0.889. The fraction of sp³-hybridized carbons (Fsp3) is 0.417. The van der Waals surface area contributed by atoms with E-state index in [4.69, 9.17) is 5.11 Å². The Bertz CT molecular complexity index is 526. The zero-order valence-corrected chi connectivity index (χ0v) is 10.2. The van der Waals surface area contributed by atoms with Crippen molar-refractivity contribution in [2.24, 2.45) is 13.0 Å². The number of carboxylic acid groups (broad SMARTS) is 1. The Morgan fingerprint density at radius 3 is 2.39 bits per heavy atom. The molecule has 0 spiro atoms. The van der Waals surface area contributed by atoms with Crippen LogP contribution >= 0.6 is 0 Å². The summed E-state index contributed by atoms with van der Waals surface area (Å²) in [6.07, 6.45) is 1.60. The number of aliphatic carboxylic acids is 1. The van der Waals surface area contributed by atoms with Gasteiger partial charge < -0.3 is 14.6 Å². The molecule has 0 radical (unpaired) electrons. The van der Waals surface area contributed by atoms with Crippen molar-refractivity contribution in [3.05, 3.63) is 23.5 Å². The van der Waals surface area contributed by atoms with Crippen LogP contribution in [0, 0.1) is 5.92 Å². The molecule has 1 fully saturated rings. The summed E-state index contributed by atoms with van der Waals surface area (Å²) >= 11 is 0. The van der Waals surface area contributed by atoms with Crippen LogP contribution in [0.25, 0.3) is 0 Å². The first kappa shape index (κ1) is 12.3. The molecule has 1 aliphatic heterocycles. The molecular formula is C12H14N2O4. The van der Waals surface area contributed by atoms with E-state index < -0.39 is 11.9 Å². The second kappa shape index (κ2) is 4.29. The highest BCUT2D eigenvalue weighted by Crippen LogP contribution is 2.20. The Balaban J connectivity index is 2.11. The average molecular weight is 250 g/mol. The van der Waals surface area contributed by atoms with Crippen LogP contribution in [0.3, 0.4) is 0 Å². The molecule has 1 aromatic heterocycles. The van der Waals surface area contributed by atoms with Crippen molar-refractivity contribution < 1.29 is 19.5 Å². The third kappa shape index (κ3) is 2.01. The second-order valence-corrected chi connectivity index (χ2v) is 4.53. The quantitative estimate of drug-likeness (QED) is 0.787. The van der Waals surface area contributed by atoms with Crippen molar-refractivity contribution in [2.45, 2.75) is 6.92 Å². The second-order valence-electron chi connectivity index (χ2n) is 4.53. The summed E-state index contributed by atoms with van der Waals surface area (Å²) in [6.45, 7) is 1.90. The molecule has 0 aliphatic carbocycles. The number of hydrogen-bond donors (Lipinski definition) is 1. The highest BCUT2D eigenvalue weighted by atomic mass is 16.4. The molecule has 0 aromatic carbocycles. The monoisotopic (exact) mass is 250 g/mol. The fourth-order valence-electron chi connectivity index (χ4n) is 1.93. The zero-order chi connectivity index (χ0) is 13.4. The van der Waals surface area contributed by atoms with Crippen LogP contribution < -0.4 is 0 Å². The van der Waals surface area contributed by atoms with Gasteiger partial charge in [0.25, 0.3) is 5.91 Å². The van der Waals surface area contributed by atoms with Crippen molar-refractivity contribution in [3.63, 3.8) is 0 Å². The van der Waals surface area contributed by atoms with Crippen molar-refractivity contribution in [1.82, 2.24) is 9.47 Å². The van der Waals surface area contributed by atoms with Gasteiger partial charge in [0.15, 0.2) is 5.78 Å². The third-order valence-electron chi connectivity index (χ3n) is 3.15. The van der Waals surface area contributed by atoms with E-state index in [9.17, 15) is 14.4 Å². The molecule has 2 rings (SSSR count). The van der Waals surface area contributed by atoms with Gasteiger partial charge in [0.1, 0.15) is 5.69 Å². The lowest BCUT2D eigenvalue weighted by molar-refractivity contribution is -0.146. The molecule has 96 valence electrons. The van der Waals surface area contributed by atoms with Gasteiger partial charge in [-0.1, -0.05) is 0 Å². The van der Waals surface area contributed by atoms with Gasteiger partial charge in [-0.3, -0.25) is 14.4 Å². The molecule has 1 amide bonds. The van der Waals surface area contributed by atoms with Crippen molar-refractivity contribution in [3.8, 4) is 0 Å². The van der Waals surface area contributed by atoms with Crippen molar-refractivity contribution in [2.75, 3.05) is 13.1 Å². The summed E-state index contributed by atoms with van der Waals surface area (Å²) in [5.74, 6) is -1.68. The number of aromatic nitrogens is 1. The Kier molecular flexibility index (Phi) is 2.94. The minimum Gasteiger partial charge on any atom is -0.481 e. The Morgan fingerprint density at radius 2 is 1.94 bits per heavy atom. The summed E-state index contributed by atoms with van der Waals surface area (Å²) in [4.78, 5) is 35.4. The number of carbonyl (C=O) groups excluding carboxylic acids is 2. The van der Waals surface area contributed by atoms with Crippen LogP contribution in [0.5, 0.6) is 0 Å². The maximum Gasteiger partial charge on any atom is 0.310 e. The van der Waals surface area contributed by atoms with E-state index in [1.807, 2.05) is 0 Å². The van der Waals surface area contributed by atoms with Crippen LogP contribution in [-0.4, -0.2) is 45.3 Å². The standard InChI is InChI=1S/C12H14N2O4/c1-7(15)8-3-10(13(2)4-8)11(16)14-5-9(6-14)12(17)18/h3-4,9H,5-6H2,1-2H3,(H,17,18). The molecule has 1 aliphatic rings. The number of hydrogen-bond acceptors (Lipinski definition) is 3. The third-order valence-corrected chi connectivity index (χ3v) is 3.15. The molecular weight excluding hydrogens is 236 g/mol. The molecule has 2 heterocycles. The molecule has 18 heavy (non-hydrogen) atoms. The van der Waals surface area contributed by atoms with Gasteiger partial charge >= 0.3 is 5.97 Å². The van der Waals surface area contributed by atoms with Gasteiger partial charge in [-0.05, 0) is 13.0 Å². The first-order valence-electron chi connectivity index (χ1n) is 5.59. The average Bonchev–Trinajstić information content (AvgIpc) is 2.57. The number of carboxylic acids is 1. The van der Waals surface area contributed by atoms with Crippen molar-refractivity contribution in [1.29, 1.82) is 0 Å². The predicted molar refractivity (Wildman–Crippen MR) is 62.4 cm³/mol. The van der Waals surface area contributed by atoms with E-state index in [2.05, 4.69) is 0 Å². The molecule has 1 saturated heterocycles. The fourth-order valence-corrected chi connectivity index (χ4v) is 1.93. The van der Waals surface area contributed by atoms with Gasteiger partial charge in [-0.15, -0.1) is 0 Å². The highest BCUT2D eigenvalue weighted by Gasteiger charge is 2.36. The lowest BCUT2D eigenvalue weighted by atomic mass is 10.00. The summed E-state index contributed by atoms with van der Waals surface area (Å²) in [6, 6.07) is 1.54. The smallest absolute Gasteiger partial charge is 0.310 e. The van der Waals surface area contributed by atoms with Crippen LogP contribution in [0.1, 0.15) is 27.8 Å². The predicted octanol–water partition coefficient (Wildman–Crippen LogP) is 0.384. The molecule has 1 aromatic rings. The minimum absolute atomic E-state index is 0.100. The number of ketones is 1. The van der Waals surface area contributed by atoms with Crippen LogP contribution in [0.15, 0.2) is 12.3 Å². The summed E-state index contributed by atoms with van der Waals surface area (Å²) in [5, 5.41) is 8.75. The molecule has 1 N–H and O–H groups in total. The summed E-state index contributed by atoms with van der Waals surface area (Å²) in [7, 11) is 1.69. The van der Waals surface area contributed by atoms with Gasteiger partial charge in [0.2, 0.25) is 0 Å². The topological polar surface area (TPSA) is 79.6 Å². The summed E-state index contributed by atoms with van der Waals surface area (Å²) < 4.78 is 1.59. The van der Waals surface area contributed by atoms with E-state index in [0.717, 1.165) is 0 Å². The number of nitrogens with zero attached hydrogens (tertiary/aromatic N) is 2. The van der Waals surface area contributed by atoms with Crippen LogP contribution in [0.4, 0.5) is 0 Å². The highest BCUT2D eigenvalue weighted by molar-refractivity contribution is 5.99. The van der Waals surface area contributed by atoms with Crippen LogP contribution in [0.2, 0.25) is 0 Å². The number of likely N-dealkylation sites (tertiary alicyclic amines) is 1. The lowest BCUT2D eigenvalue weighted by Gasteiger charge is -2.36. The molecule has 0 saturated carbocycles.